The van der Waals surface area contributed by atoms with E-state index in [9.17, 15) is 13.9 Å². The highest BCUT2D eigenvalue weighted by Gasteiger charge is 2.49. The van der Waals surface area contributed by atoms with Gasteiger partial charge in [-0.1, -0.05) is 11.2 Å². The predicted molar refractivity (Wildman–Crippen MR) is 101 cm³/mol. The van der Waals surface area contributed by atoms with E-state index in [-0.39, 0.29) is 18.2 Å². The van der Waals surface area contributed by atoms with Crippen LogP contribution >= 0.6 is 0 Å². The highest BCUT2D eigenvalue weighted by molar-refractivity contribution is 6.03. The van der Waals surface area contributed by atoms with Crippen LogP contribution < -0.4 is 4.74 Å². The highest BCUT2D eigenvalue weighted by Crippen LogP contribution is 2.40. The quantitative estimate of drug-likeness (QED) is 0.872. The second kappa shape index (κ2) is 7.24. The Bertz CT molecular complexity index is 943. The molecule has 1 unspecified atom stereocenters. The summed E-state index contributed by atoms with van der Waals surface area (Å²) in [5.74, 6) is 0.00286. The van der Waals surface area contributed by atoms with Gasteiger partial charge in [-0.05, 0) is 66.5 Å². The Balaban J connectivity index is 1.69. The van der Waals surface area contributed by atoms with Crippen LogP contribution in [0.25, 0.3) is 6.08 Å². The maximum absolute atomic E-state index is 13.7. The van der Waals surface area contributed by atoms with Gasteiger partial charge >= 0.3 is 0 Å². The second-order valence-electron chi connectivity index (χ2n) is 6.77. The van der Waals surface area contributed by atoms with Crippen molar-refractivity contribution in [2.75, 3.05) is 20.3 Å². The Kier molecular flexibility index (Phi) is 4.77. The minimum Gasteiger partial charge on any atom is -0.494 e. The van der Waals surface area contributed by atoms with Crippen LogP contribution in [0.15, 0.2) is 53.2 Å². The van der Waals surface area contributed by atoms with E-state index < -0.39 is 11.5 Å². The van der Waals surface area contributed by atoms with Crippen LogP contribution in [0.1, 0.15) is 24.0 Å². The number of nitrogens with zero attached hydrogens (tertiary/aromatic N) is 2. The molecule has 4 rings (SSSR count). The van der Waals surface area contributed by atoms with Crippen molar-refractivity contribution in [3.8, 4) is 5.75 Å². The van der Waals surface area contributed by atoms with Gasteiger partial charge in [0.05, 0.1) is 7.11 Å². The number of amidine groups is 1. The van der Waals surface area contributed by atoms with Gasteiger partial charge in [0.1, 0.15) is 12.4 Å². The zero-order chi connectivity index (χ0) is 19.7. The van der Waals surface area contributed by atoms with Gasteiger partial charge in [-0.25, -0.2) is 8.78 Å². The van der Waals surface area contributed by atoms with Crippen LogP contribution in [0, 0.1) is 11.6 Å². The first kappa shape index (κ1) is 18.4. The zero-order valence-corrected chi connectivity index (χ0v) is 15.4. The van der Waals surface area contributed by atoms with Crippen molar-refractivity contribution in [1.82, 2.24) is 4.90 Å². The van der Waals surface area contributed by atoms with Crippen molar-refractivity contribution in [1.29, 1.82) is 0 Å². The van der Waals surface area contributed by atoms with E-state index in [0.29, 0.717) is 17.9 Å². The fraction of sp³-hybridized carbons (Fsp3) is 0.286. The van der Waals surface area contributed by atoms with Gasteiger partial charge in [0, 0.05) is 12.1 Å². The molecule has 28 heavy (non-hydrogen) atoms. The molecule has 2 aromatic carbocycles. The number of halogens is 2. The molecule has 7 heteroatoms. The van der Waals surface area contributed by atoms with Crippen molar-refractivity contribution in [2.45, 2.75) is 18.6 Å². The first-order valence-corrected chi connectivity index (χ1v) is 9.02. The maximum atomic E-state index is 13.7. The van der Waals surface area contributed by atoms with Gasteiger partial charge in [-0.2, -0.15) is 0 Å². The van der Waals surface area contributed by atoms with Crippen LogP contribution in [0.4, 0.5) is 8.78 Å². The van der Waals surface area contributed by atoms with Crippen LogP contribution in [0.2, 0.25) is 0 Å². The third kappa shape index (κ3) is 3.01. The fourth-order valence-electron chi connectivity index (χ4n) is 3.67. The Hall–Kier alpha value is -2.93. The van der Waals surface area contributed by atoms with E-state index in [0.717, 1.165) is 24.0 Å². The summed E-state index contributed by atoms with van der Waals surface area (Å²) in [6, 6.07) is 10.5. The number of hydrogen-bond donors (Lipinski definition) is 1. The van der Waals surface area contributed by atoms with Crippen molar-refractivity contribution >= 4 is 11.9 Å². The summed E-state index contributed by atoms with van der Waals surface area (Å²) in [6.45, 7) is 0.310. The Labute approximate surface area is 161 Å². The summed E-state index contributed by atoms with van der Waals surface area (Å²) in [7, 11) is 1.42. The second-order valence-corrected chi connectivity index (χ2v) is 6.77. The minimum absolute atomic E-state index is 0.169. The van der Waals surface area contributed by atoms with E-state index in [1.165, 1.54) is 25.3 Å². The molecule has 2 aromatic rings. The molecular formula is C21H20F2N2O3. The molecule has 1 saturated heterocycles. The number of piperidine rings is 1. The van der Waals surface area contributed by atoms with Crippen molar-refractivity contribution < 1.29 is 23.5 Å². The van der Waals surface area contributed by atoms with Gasteiger partial charge in [-0.15, -0.1) is 0 Å². The van der Waals surface area contributed by atoms with Crippen LogP contribution in [-0.4, -0.2) is 36.1 Å². The van der Waals surface area contributed by atoms with E-state index in [2.05, 4.69) is 5.16 Å². The van der Waals surface area contributed by atoms with E-state index >= 15 is 0 Å². The van der Waals surface area contributed by atoms with E-state index in [1.54, 1.807) is 24.3 Å². The molecule has 146 valence electrons. The average Bonchev–Trinajstić information content (AvgIpc) is 3.11. The Morgan fingerprint density at radius 1 is 1.25 bits per heavy atom. The summed E-state index contributed by atoms with van der Waals surface area (Å²) < 4.78 is 32.1. The normalized spacial score (nSPS) is 22.6. The number of hydrogen-bond acceptors (Lipinski definition) is 5. The summed E-state index contributed by atoms with van der Waals surface area (Å²) in [4.78, 5) is 7.61. The van der Waals surface area contributed by atoms with E-state index in [4.69, 9.17) is 9.57 Å². The molecule has 0 aliphatic carbocycles. The van der Waals surface area contributed by atoms with Crippen LogP contribution in [-0.2, 0) is 10.6 Å². The molecule has 1 fully saturated rings. The number of oxime groups is 1. The number of aliphatic hydroxyl groups excluding tert-OH is 1. The van der Waals surface area contributed by atoms with Gasteiger partial charge in [-0.3, -0.25) is 0 Å². The fourth-order valence-corrected chi connectivity index (χ4v) is 3.67. The molecule has 0 aromatic heterocycles. The van der Waals surface area contributed by atoms with Crippen LogP contribution in [0.3, 0.4) is 0 Å². The third-order valence-electron chi connectivity index (χ3n) is 5.12. The lowest BCUT2D eigenvalue weighted by Gasteiger charge is -2.38. The standard InChI is InChI=1S/C21H20F2N2O3/c1-27-19-12-14(4-9-18(19)23)11-15-3-2-10-25-20(15)24-28-21(25,13-26)16-5-7-17(22)8-6-16/h4-9,11-12,26H,2-3,10,13H2,1H3. The molecule has 0 bridgehead atoms. The SMILES string of the molecule is COc1cc(C=C2CCCN3C2=NOC3(CO)c2ccc(F)cc2)ccc1F. The summed E-state index contributed by atoms with van der Waals surface area (Å²) >= 11 is 0. The van der Waals surface area contributed by atoms with Gasteiger partial charge < -0.3 is 19.6 Å². The number of benzene rings is 2. The molecule has 0 amide bonds. The largest absolute Gasteiger partial charge is 0.494 e. The first-order valence-electron chi connectivity index (χ1n) is 9.02. The van der Waals surface area contributed by atoms with Crippen molar-refractivity contribution in [3.05, 3.63) is 70.8 Å². The number of methoxy groups -OCH3 is 1. The lowest BCUT2D eigenvalue weighted by molar-refractivity contribution is -0.137. The molecule has 2 aliphatic heterocycles. The van der Waals surface area contributed by atoms with Gasteiger partial charge in [0.2, 0.25) is 0 Å². The Morgan fingerprint density at radius 3 is 2.75 bits per heavy atom. The van der Waals surface area contributed by atoms with Gasteiger partial charge in [0.15, 0.2) is 17.4 Å². The molecule has 1 atom stereocenters. The highest BCUT2D eigenvalue weighted by atomic mass is 19.1. The van der Waals surface area contributed by atoms with E-state index in [1.807, 2.05) is 11.0 Å². The third-order valence-corrected chi connectivity index (χ3v) is 5.12. The molecule has 0 radical (unpaired) electrons. The maximum Gasteiger partial charge on any atom is 0.260 e. The smallest absolute Gasteiger partial charge is 0.260 e. The molecular weight excluding hydrogens is 366 g/mol. The van der Waals surface area contributed by atoms with Gasteiger partial charge in [0.25, 0.3) is 5.72 Å². The molecule has 2 heterocycles. The Morgan fingerprint density at radius 2 is 2.04 bits per heavy atom. The number of aliphatic hydroxyl groups is 1. The molecule has 2 aliphatic rings. The monoisotopic (exact) mass is 386 g/mol. The predicted octanol–water partition coefficient (Wildman–Crippen LogP) is 3.64. The first-order chi connectivity index (χ1) is 13.6. The minimum atomic E-state index is -1.18. The molecule has 1 N–H and O–H groups in total. The molecule has 5 nitrogen and oxygen atoms in total. The topological polar surface area (TPSA) is 54.3 Å². The summed E-state index contributed by atoms with van der Waals surface area (Å²) in [5.41, 5.74) is 1.14. The summed E-state index contributed by atoms with van der Waals surface area (Å²) in [5, 5.41) is 14.4. The van der Waals surface area contributed by atoms with Crippen LogP contribution in [0.5, 0.6) is 5.75 Å². The lowest BCUT2D eigenvalue weighted by Crippen LogP contribution is -2.51. The average molecular weight is 386 g/mol. The van der Waals surface area contributed by atoms with Crippen molar-refractivity contribution in [2.24, 2.45) is 5.16 Å². The number of ether oxygens (including phenoxy) is 1. The lowest BCUT2D eigenvalue weighted by atomic mass is 9.95. The number of rotatable bonds is 4. The zero-order valence-electron chi connectivity index (χ0n) is 15.4. The number of fused-ring (bicyclic) bond motifs is 1. The molecule has 0 saturated carbocycles. The summed E-state index contributed by atoms with van der Waals surface area (Å²) in [6.07, 6.45) is 3.51. The molecule has 0 spiro atoms. The van der Waals surface area contributed by atoms with Crippen molar-refractivity contribution in [3.63, 3.8) is 0 Å².